The highest BCUT2D eigenvalue weighted by molar-refractivity contribution is 7.99. The van der Waals surface area contributed by atoms with Crippen LogP contribution in [0.25, 0.3) is 11.0 Å². The number of rotatable bonds is 5. The number of nitrogens with one attached hydrogen (secondary N) is 1. The molecule has 1 unspecified atom stereocenters. The van der Waals surface area contributed by atoms with Crippen molar-refractivity contribution >= 4 is 28.6 Å². The van der Waals surface area contributed by atoms with Crippen molar-refractivity contribution in [1.82, 2.24) is 9.97 Å². The van der Waals surface area contributed by atoms with Crippen LogP contribution in [0.2, 0.25) is 0 Å². The predicted molar refractivity (Wildman–Crippen MR) is 80.3 cm³/mol. The number of ketones is 1. The van der Waals surface area contributed by atoms with Gasteiger partial charge < -0.3 is 9.72 Å². The second-order valence-corrected chi connectivity index (χ2v) is 6.20. The third-order valence-electron chi connectivity index (χ3n) is 3.80. The molecule has 1 heterocycles. The maximum atomic E-state index is 11.6. The van der Waals surface area contributed by atoms with Gasteiger partial charge in [0.2, 0.25) is 0 Å². The molecular weight excluding hydrogens is 272 g/mol. The van der Waals surface area contributed by atoms with Gasteiger partial charge >= 0.3 is 0 Å². The minimum atomic E-state index is 0.284. The molecule has 20 heavy (non-hydrogen) atoms. The molecule has 4 nitrogen and oxygen atoms in total. The van der Waals surface area contributed by atoms with Crippen LogP contribution in [-0.4, -0.2) is 28.6 Å². The lowest BCUT2D eigenvalue weighted by Gasteiger charge is -2.05. The Labute approximate surface area is 122 Å². The normalized spacial score (nSPS) is 18.9. The number of carbonyl (C=O) groups is 1. The third-order valence-corrected chi connectivity index (χ3v) is 4.71. The lowest BCUT2D eigenvalue weighted by atomic mass is 10.1. The summed E-state index contributed by atoms with van der Waals surface area (Å²) < 4.78 is 5.20. The summed E-state index contributed by atoms with van der Waals surface area (Å²) in [5, 5.41) is 0.915. The van der Waals surface area contributed by atoms with Gasteiger partial charge in [-0.25, -0.2) is 4.98 Å². The summed E-state index contributed by atoms with van der Waals surface area (Å²) in [6.07, 6.45) is 3.87. The largest absolute Gasteiger partial charge is 0.497 e. The summed E-state index contributed by atoms with van der Waals surface area (Å²) in [4.78, 5) is 19.4. The lowest BCUT2D eigenvalue weighted by molar-refractivity contribution is -0.120. The number of hydrogen-bond donors (Lipinski definition) is 1. The molecule has 0 saturated heterocycles. The molecule has 106 valence electrons. The van der Waals surface area contributed by atoms with Crippen LogP contribution >= 0.6 is 11.8 Å². The van der Waals surface area contributed by atoms with E-state index in [0.29, 0.717) is 5.78 Å². The Morgan fingerprint density at radius 3 is 3.15 bits per heavy atom. The maximum Gasteiger partial charge on any atom is 0.166 e. The van der Waals surface area contributed by atoms with Crippen LogP contribution in [0.1, 0.15) is 25.7 Å². The minimum absolute atomic E-state index is 0.284. The van der Waals surface area contributed by atoms with Gasteiger partial charge in [-0.3, -0.25) is 4.79 Å². The Balaban J connectivity index is 1.61. The number of H-pyrrole nitrogens is 1. The minimum Gasteiger partial charge on any atom is -0.497 e. The maximum absolute atomic E-state index is 11.6. The van der Waals surface area contributed by atoms with Crippen LogP contribution in [0, 0.1) is 5.92 Å². The quantitative estimate of drug-likeness (QED) is 0.857. The lowest BCUT2D eigenvalue weighted by Crippen LogP contribution is -2.06. The number of nitrogens with zero attached hydrogens (tertiary/aromatic N) is 1. The molecular formula is C15H18N2O2S. The van der Waals surface area contributed by atoms with Crippen LogP contribution in [-0.2, 0) is 4.79 Å². The first kappa shape index (κ1) is 13.5. The fourth-order valence-electron chi connectivity index (χ4n) is 2.65. The molecule has 0 spiro atoms. The highest BCUT2D eigenvalue weighted by Crippen LogP contribution is 2.28. The Bertz CT molecular complexity index is 623. The average molecular weight is 290 g/mol. The van der Waals surface area contributed by atoms with Crippen molar-refractivity contribution in [2.75, 3.05) is 12.9 Å². The number of thioether (sulfide) groups is 1. The molecule has 1 aliphatic rings. The van der Waals surface area contributed by atoms with Crippen LogP contribution in [0.15, 0.2) is 23.4 Å². The molecule has 5 heteroatoms. The first-order chi connectivity index (χ1) is 9.76. The monoisotopic (exact) mass is 290 g/mol. The van der Waals surface area contributed by atoms with E-state index in [9.17, 15) is 4.79 Å². The number of ether oxygens (including phenoxy) is 1. The van der Waals surface area contributed by atoms with Gasteiger partial charge in [-0.05, 0) is 31.4 Å². The van der Waals surface area contributed by atoms with Crippen LogP contribution < -0.4 is 4.74 Å². The van der Waals surface area contributed by atoms with Gasteiger partial charge in [0.15, 0.2) is 5.16 Å². The Morgan fingerprint density at radius 2 is 2.40 bits per heavy atom. The Kier molecular flexibility index (Phi) is 3.96. The number of Topliss-reactive ketones (excluding diaryl/α,β-unsaturated/α-hetero) is 1. The van der Waals surface area contributed by atoms with E-state index in [1.54, 1.807) is 18.9 Å². The number of imidazole rings is 1. The van der Waals surface area contributed by atoms with E-state index in [-0.39, 0.29) is 5.92 Å². The van der Waals surface area contributed by atoms with Gasteiger partial charge in [0.05, 0.1) is 18.1 Å². The molecule has 1 aromatic carbocycles. The van der Waals surface area contributed by atoms with E-state index in [2.05, 4.69) is 9.97 Å². The number of benzene rings is 1. The second-order valence-electron chi connectivity index (χ2n) is 5.12. The van der Waals surface area contributed by atoms with Gasteiger partial charge in [0.25, 0.3) is 0 Å². The SMILES string of the molecule is COc1ccc2nc(SCCC3CCCC3=O)[nH]c2c1. The topological polar surface area (TPSA) is 55.0 Å². The molecule has 3 rings (SSSR count). The second kappa shape index (κ2) is 5.87. The summed E-state index contributed by atoms with van der Waals surface area (Å²) in [7, 11) is 1.66. The molecule has 0 bridgehead atoms. The molecule has 1 saturated carbocycles. The molecule has 0 radical (unpaired) electrons. The van der Waals surface area contributed by atoms with E-state index < -0.39 is 0 Å². The molecule has 2 aromatic rings. The summed E-state index contributed by atoms with van der Waals surface area (Å²) in [5.41, 5.74) is 1.94. The first-order valence-corrected chi connectivity index (χ1v) is 7.94. The number of hydrogen-bond acceptors (Lipinski definition) is 4. The molecule has 1 aromatic heterocycles. The van der Waals surface area contributed by atoms with Crippen LogP contribution in [0.4, 0.5) is 0 Å². The number of fused-ring (bicyclic) bond motifs is 1. The average Bonchev–Trinajstić information content (AvgIpc) is 3.04. The zero-order valence-corrected chi connectivity index (χ0v) is 12.3. The van der Waals surface area contributed by atoms with Gasteiger partial charge in [-0.15, -0.1) is 0 Å². The third kappa shape index (κ3) is 2.82. The zero-order chi connectivity index (χ0) is 13.9. The van der Waals surface area contributed by atoms with Crippen LogP contribution in [0.5, 0.6) is 5.75 Å². The van der Waals surface area contributed by atoms with Gasteiger partial charge in [-0.1, -0.05) is 11.8 Å². The molecule has 1 atom stereocenters. The number of methoxy groups -OCH3 is 1. The summed E-state index contributed by atoms with van der Waals surface area (Å²) >= 11 is 1.69. The highest BCUT2D eigenvalue weighted by atomic mass is 32.2. The van der Waals surface area contributed by atoms with Crippen LogP contribution in [0.3, 0.4) is 0 Å². The Hall–Kier alpha value is -1.49. The van der Waals surface area contributed by atoms with Crippen molar-refractivity contribution in [1.29, 1.82) is 0 Å². The number of aromatic amines is 1. The first-order valence-electron chi connectivity index (χ1n) is 6.95. The number of aromatic nitrogens is 2. The van der Waals surface area contributed by atoms with E-state index in [1.165, 1.54) is 0 Å². The summed E-state index contributed by atoms with van der Waals surface area (Å²) in [6.45, 7) is 0. The van der Waals surface area contributed by atoms with Gasteiger partial charge in [-0.2, -0.15) is 0 Å². The molecule has 1 aliphatic carbocycles. The highest BCUT2D eigenvalue weighted by Gasteiger charge is 2.23. The molecule has 1 N–H and O–H groups in total. The molecule has 1 fully saturated rings. The van der Waals surface area contributed by atoms with Crippen molar-refractivity contribution < 1.29 is 9.53 Å². The van der Waals surface area contributed by atoms with Crippen molar-refractivity contribution in [3.05, 3.63) is 18.2 Å². The van der Waals surface area contributed by atoms with E-state index in [1.807, 2.05) is 18.2 Å². The van der Waals surface area contributed by atoms with Gasteiger partial charge in [0.1, 0.15) is 11.5 Å². The zero-order valence-electron chi connectivity index (χ0n) is 11.5. The fraction of sp³-hybridized carbons (Fsp3) is 0.467. The van der Waals surface area contributed by atoms with Gasteiger partial charge in [0, 0.05) is 24.2 Å². The smallest absolute Gasteiger partial charge is 0.166 e. The van der Waals surface area contributed by atoms with E-state index in [0.717, 1.165) is 53.4 Å². The standard InChI is InChI=1S/C15H18N2O2S/c1-19-11-5-6-12-13(9-11)17-15(16-12)20-8-7-10-3-2-4-14(10)18/h5-6,9-10H,2-4,7-8H2,1H3,(H,16,17). The van der Waals surface area contributed by atoms with Crippen molar-refractivity contribution in [2.24, 2.45) is 5.92 Å². The summed E-state index contributed by atoms with van der Waals surface area (Å²) in [6, 6.07) is 5.82. The summed E-state index contributed by atoms with van der Waals surface area (Å²) in [5.74, 6) is 2.49. The van der Waals surface area contributed by atoms with Crippen molar-refractivity contribution in [3.8, 4) is 5.75 Å². The predicted octanol–water partition coefficient (Wildman–Crippen LogP) is 3.42. The van der Waals surface area contributed by atoms with Crippen molar-refractivity contribution in [2.45, 2.75) is 30.8 Å². The van der Waals surface area contributed by atoms with E-state index in [4.69, 9.17) is 4.74 Å². The molecule has 0 amide bonds. The Morgan fingerprint density at radius 1 is 1.50 bits per heavy atom. The number of carbonyl (C=O) groups excluding carboxylic acids is 1. The van der Waals surface area contributed by atoms with Crippen molar-refractivity contribution in [3.63, 3.8) is 0 Å². The van der Waals surface area contributed by atoms with E-state index >= 15 is 0 Å². The molecule has 0 aliphatic heterocycles. The fourth-order valence-corrected chi connectivity index (χ4v) is 3.59.